The number of carboxylic acids is 1. The first-order valence-electron chi connectivity index (χ1n) is 6.25. The molecule has 1 amide bonds. The Morgan fingerprint density at radius 1 is 1.36 bits per heavy atom. The number of aliphatic carboxylic acids is 1. The van der Waals surface area contributed by atoms with Crippen molar-refractivity contribution >= 4 is 18.0 Å². The highest BCUT2D eigenvalue weighted by Gasteiger charge is 2.12. The summed E-state index contributed by atoms with van der Waals surface area (Å²) in [6.45, 7) is -0.492. The predicted octanol–water partition coefficient (Wildman–Crippen LogP) is 1.15. The third-order valence-corrected chi connectivity index (χ3v) is 2.61. The zero-order valence-corrected chi connectivity index (χ0v) is 12.5. The molecule has 116 valence electrons. The molecular formula is C15H16N2O5. The Morgan fingerprint density at radius 3 is 2.55 bits per heavy atom. The normalized spacial score (nSPS) is 10.5. The topological polar surface area (TPSA) is 99.9 Å². The predicted molar refractivity (Wildman–Crippen MR) is 78.4 cm³/mol. The van der Waals surface area contributed by atoms with E-state index in [1.165, 1.54) is 24.2 Å². The van der Waals surface area contributed by atoms with Crippen LogP contribution in [0.4, 0.5) is 0 Å². The van der Waals surface area contributed by atoms with Crippen molar-refractivity contribution in [3.05, 3.63) is 29.3 Å². The van der Waals surface area contributed by atoms with Crippen molar-refractivity contribution in [2.45, 2.75) is 0 Å². The maximum Gasteiger partial charge on any atom is 0.341 e. The van der Waals surface area contributed by atoms with E-state index >= 15 is 0 Å². The molecule has 0 aliphatic rings. The minimum atomic E-state index is -1.10. The summed E-state index contributed by atoms with van der Waals surface area (Å²) in [6, 6.07) is 6.51. The molecule has 0 radical (unpaired) electrons. The summed E-state index contributed by atoms with van der Waals surface area (Å²) in [7, 11) is 4.51. The highest BCUT2D eigenvalue weighted by molar-refractivity contribution is 6.01. The number of nitriles is 1. The molecule has 1 rings (SSSR count). The van der Waals surface area contributed by atoms with E-state index in [0.717, 1.165) is 0 Å². The molecule has 0 spiro atoms. The fraction of sp³-hybridized carbons (Fsp3) is 0.267. The lowest BCUT2D eigenvalue weighted by atomic mass is 10.1. The van der Waals surface area contributed by atoms with E-state index in [2.05, 4.69) is 0 Å². The average Bonchev–Trinajstić information content (AvgIpc) is 2.49. The number of ether oxygens (including phenoxy) is 2. The number of carbonyl (C=O) groups is 2. The molecule has 0 bridgehead atoms. The number of benzene rings is 1. The van der Waals surface area contributed by atoms with Crippen molar-refractivity contribution in [1.29, 1.82) is 5.26 Å². The van der Waals surface area contributed by atoms with Crippen LogP contribution in [0.1, 0.15) is 5.56 Å². The van der Waals surface area contributed by atoms with Crippen LogP contribution in [0.25, 0.3) is 6.08 Å². The van der Waals surface area contributed by atoms with Crippen LogP contribution in [0.2, 0.25) is 0 Å². The molecule has 0 aliphatic carbocycles. The lowest BCUT2D eigenvalue weighted by Crippen LogP contribution is -2.22. The van der Waals surface area contributed by atoms with E-state index in [9.17, 15) is 9.59 Å². The number of carboxylic acid groups (broad SMARTS) is 1. The van der Waals surface area contributed by atoms with Crippen molar-refractivity contribution in [2.75, 3.05) is 27.8 Å². The van der Waals surface area contributed by atoms with E-state index in [0.29, 0.717) is 11.3 Å². The second kappa shape index (κ2) is 7.69. The van der Waals surface area contributed by atoms with Crippen LogP contribution >= 0.6 is 0 Å². The fourth-order valence-electron chi connectivity index (χ4n) is 1.58. The van der Waals surface area contributed by atoms with Crippen LogP contribution < -0.4 is 9.47 Å². The van der Waals surface area contributed by atoms with Gasteiger partial charge in [0.05, 0.1) is 7.11 Å². The van der Waals surface area contributed by atoms with Gasteiger partial charge in [0.25, 0.3) is 5.91 Å². The van der Waals surface area contributed by atoms with E-state index in [-0.39, 0.29) is 11.3 Å². The zero-order valence-electron chi connectivity index (χ0n) is 12.5. The van der Waals surface area contributed by atoms with Gasteiger partial charge in [-0.25, -0.2) is 4.79 Å². The van der Waals surface area contributed by atoms with Crippen molar-refractivity contribution in [1.82, 2.24) is 4.90 Å². The summed E-state index contributed by atoms with van der Waals surface area (Å²) in [4.78, 5) is 23.6. The first-order valence-corrected chi connectivity index (χ1v) is 6.25. The van der Waals surface area contributed by atoms with Gasteiger partial charge in [0.2, 0.25) is 0 Å². The van der Waals surface area contributed by atoms with Gasteiger partial charge in [-0.2, -0.15) is 5.26 Å². The highest BCUT2D eigenvalue weighted by atomic mass is 16.5. The van der Waals surface area contributed by atoms with Crippen molar-refractivity contribution < 1.29 is 24.2 Å². The van der Waals surface area contributed by atoms with Gasteiger partial charge in [0, 0.05) is 14.1 Å². The molecule has 0 aliphatic heterocycles. The lowest BCUT2D eigenvalue weighted by Gasteiger charge is -2.11. The molecule has 22 heavy (non-hydrogen) atoms. The number of rotatable bonds is 6. The van der Waals surface area contributed by atoms with Crippen LogP contribution in [0, 0.1) is 11.3 Å². The summed E-state index contributed by atoms with van der Waals surface area (Å²) in [5.41, 5.74) is 0.539. The number of carbonyl (C=O) groups excluding carboxylic acids is 1. The number of methoxy groups -OCH3 is 1. The third-order valence-electron chi connectivity index (χ3n) is 2.61. The molecule has 1 aromatic carbocycles. The zero-order chi connectivity index (χ0) is 16.7. The van der Waals surface area contributed by atoms with Crippen molar-refractivity contribution in [3.8, 4) is 17.6 Å². The molecule has 7 nitrogen and oxygen atoms in total. The molecule has 0 atom stereocenters. The van der Waals surface area contributed by atoms with Gasteiger partial charge in [0.15, 0.2) is 18.1 Å². The van der Waals surface area contributed by atoms with Crippen LogP contribution in [0.5, 0.6) is 11.5 Å². The number of hydrogen-bond acceptors (Lipinski definition) is 5. The number of hydrogen-bond donors (Lipinski definition) is 1. The minimum Gasteiger partial charge on any atom is -0.493 e. The minimum absolute atomic E-state index is 0.0220. The van der Waals surface area contributed by atoms with E-state index < -0.39 is 18.5 Å². The smallest absolute Gasteiger partial charge is 0.341 e. The Balaban J connectivity index is 3.09. The quantitative estimate of drug-likeness (QED) is 0.625. The maximum atomic E-state index is 11.8. The van der Waals surface area contributed by atoms with Crippen LogP contribution in [0.15, 0.2) is 23.8 Å². The second-order valence-corrected chi connectivity index (χ2v) is 4.46. The number of amides is 1. The molecule has 7 heteroatoms. The molecule has 0 aromatic heterocycles. The summed E-state index contributed by atoms with van der Waals surface area (Å²) in [6.07, 6.45) is 1.42. The first kappa shape index (κ1) is 17.0. The van der Waals surface area contributed by atoms with E-state index in [1.54, 1.807) is 26.2 Å². The molecular weight excluding hydrogens is 288 g/mol. The van der Waals surface area contributed by atoms with Gasteiger partial charge < -0.3 is 19.5 Å². The largest absolute Gasteiger partial charge is 0.493 e. The summed E-state index contributed by atoms with van der Waals surface area (Å²) in [5.74, 6) is -0.939. The third kappa shape index (κ3) is 4.52. The Labute approximate surface area is 128 Å². The molecule has 0 saturated carbocycles. The highest BCUT2D eigenvalue weighted by Crippen LogP contribution is 2.29. The molecule has 0 heterocycles. The standard InChI is InChI=1S/C15H16N2O5/c1-17(2)15(20)11(8-16)6-10-4-5-12(13(7-10)21-3)22-9-14(18)19/h4-7H,9H2,1-3H3,(H,18,19)/b11-6-. The summed E-state index contributed by atoms with van der Waals surface area (Å²) in [5, 5.41) is 17.6. The molecule has 1 aromatic rings. The Kier molecular flexibility index (Phi) is 5.96. The van der Waals surface area contributed by atoms with E-state index in [1.807, 2.05) is 6.07 Å². The Morgan fingerprint density at radius 2 is 2.05 bits per heavy atom. The van der Waals surface area contributed by atoms with Gasteiger partial charge in [-0.3, -0.25) is 4.79 Å². The first-order chi connectivity index (χ1) is 10.4. The number of nitrogens with zero attached hydrogens (tertiary/aromatic N) is 2. The Hall–Kier alpha value is -3.01. The Bertz CT molecular complexity index is 644. The van der Waals surface area contributed by atoms with Gasteiger partial charge in [-0.15, -0.1) is 0 Å². The van der Waals surface area contributed by atoms with Gasteiger partial charge in [-0.1, -0.05) is 6.07 Å². The SMILES string of the molecule is COc1cc(/C=C(/C#N)C(=O)N(C)C)ccc1OCC(=O)O. The summed E-state index contributed by atoms with van der Waals surface area (Å²) < 4.78 is 10.2. The lowest BCUT2D eigenvalue weighted by molar-refractivity contribution is -0.139. The van der Waals surface area contributed by atoms with Crippen LogP contribution in [0.3, 0.4) is 0 Å². The molecule has 1 N–H and O–H groups in total. The van der Waals surface area contributed by atoms with Gasteiger partial charge in [-0.05, 0) is 23.8 Å². The molecule has 0 unspecified atom stereocenters. The van der Waals surface area contributed by atoms with Crippen LogP contribution in [-0.2, 0) is 9.59 Å². The molecule has 0 fully saturated rings. The van der Waals surface area contributed by atoms with Crippen molar-refractivity contribution in [2.24, 2.45) is 0 Å². The van der Waals surface area contributed by atoms with Gasteiger partial charge >= 0.3 is 5.97 Å². The maximum absolute atomic E-state index is 11.8. The van der Waals surface area contributed by atoms with Crippen LogP contribution in [-0.4, -0.2) is 49.7 Å². The van der Waals surface area contributed by atoms with E-state index in [4.69, 9.17) is 19.8 Å². The summed E-state index contributed by atoms with van der Waals surface area (Å²) >= 11 is 0. The second-order valence-electron chi connectivity index (χ2n) is 4.46. The average molecular weight is 304 g/mol. The molecule has 0 saturated heterocycles. The monoisotopic (exact) mass is 304 g/mol. The van der Waals surface area contributed by atoms with Gasteiger partial charge in [0.1, 0.15) is 11.6 Å². The number of likely N-dealkylation sites (N-methyl/N-ethyl adjacent to an activating group) is 1. The van der Waals surface area contributed by atoms with Crippen molar-refractivity contribution in [3.63, 3.8) is 0 Å². The fourth-order valence-corrected chi connectivity index (χ4v) is 1.58.